The van der Waals surface area contributed by atoms with Gasteiger partial charge in [0.2, 0.25) is 0 Å². The minimum Gasteiger partial charge on any atom is -0.344 e. The number of nitrogens with one attached hydrogen (secondary N) is 2. The Hall–Kier alpha value is -1.61. The Morgan fingerprint density at radius 3 is 2.61 bits per heavy atom. The number of hydrogen-bond donors (Lipinski definition) is 2. The molecule has 2 N–H and O–H groups in total. The molecular weight excluding hydrogens is 222 g/mol. The van der Waals surface area contributed by atoms with Crippen molar-refractivity contribution in [1.82, 2.24) is 15.3 Å². The summed E-state index contributed by atoms with van der Waals surface area (Å²) in [5.74, 6) is 1.08. The summed E-state index contributed by atoms with van der Waals surface area (Å²) in [5.41, 5.74) is 4.71. The molecule has 0 aliphatic carbocycles. The van der Waals surface area contributed by atoms with Crippen LogP contribution < -0.4 is 5.32 Å². The molecule has 1 aromatic carbocycles. The summed E-state index contributed by atoms with van der Waals surface area (Å²) in [5, 5.41) is 3.48. The van der Waals surface area contributed by atoms with Crippen molar-refractivity contribution in [2.24, 2.45) is 0 Å². The van der Waals surface area contributed by atoms with Crippen LogP contribution in [-0.2, 0) is 0 Å². The van der Waals surface area contributed by atoms with E-state index in [0.717, 1.165) is 23.8 Å². The summed E-state index contributed by atoms with van der Waals surface area (Å²) in [7, 11) is 0. The summed E-state index contributed by atoms with van der Waals surface area (Å²) in [6.07, 6.45) is 2.42. The third-order valence-electron chi connectivity index (χ3n) is 3.62. The third-order valence-corrected chi connectivity index (χ3v) is 3.62. The molecule has 1 atom stereocenters. The molecule has 0 saturated carbocycles. The maximum absolute atomic E-state index is 4.77. The zero-order chi connectivity index (χ0) is 12.5. The second-order valence-electron chi connectivity index (χ2n) is 5.11. The van der Waals surface area contributed by atoms with E-state index in [2.05, 4.69) is 48.4 Å². The quantitative estimate of drug-likeness (QED) is 0.848. The molecule has 0 bridgehead atoms. The van der Waals surface area contributed by atoms with E-state index in [1.807, 2.05) is 0 Å². The van der Waals surface area contributed by atoms with Crippen LogP contribution in [0.15, 0.2) is 24.3 Å². The van der Waals surface area contributed by atoms with Gasteiger partial charge >= 0.3 is 0 Å². The van der Waals surface area contributed by atoms with E-state index in [1.165, 1.54) is 24.0 Å². The largest absolute Gasteiger partial charge is 0.344 e. The normalized spacial score (nSPS) is 19.3. The smallest absolute Gasteiger partial charge is 0.124 e. The number of hydrogen-bond acceptors (Lipinski definition) is 2. The predicted molar refractivity (Wildman–Crippen MR) is 73.5 cm³/mol. The SMILES string of the molecule is Cc1ccc(-c2nc(C3CCCN3)[nH]c2C)cc1. The van der Waals surface area contributed by atoms with Crippen LogP contribution in [0.2, 0.25) is 0 Å². The minimum atomic E-state index is 0.405. The van der Waals surface area contributed by atoms with Crippen LogP contribution in [0, 0.1) is 13.8 Å². The molecule has 1 aliphatic heterocycles. The lowest BCUT2D eigenvalue weighted by atomic mass is 10.1. The molecule has 0 amide bonds. The highest BCUT2D eigenvalue weighted by Gasteiger charge is 2.20. The molecule has 2 aromatic rings. The van der Waals surface area contributed by atoms with E-state index >= 15 is 0 Å². The fraction of sp³-hybridized carbons (Fsp3) is 0.400. The molecule has 18 heavy (non-hydrogen) atoms. The number of imidazole rings is 1. The summed E-state index contributed by atoms with van der Waals surface area (Å²) in [4.78, 5) is 8.20. The first-order valence-corrected chi connectivity index (χ1v) is 6.61. The van der Waals surface area contributed by atoms with Crippen molar-refractivity contribution >= 4 is 0 Å². The van der Waals surface area contributed by atoms with Gasteiger partial charge in [-0.3, -0.25) is 0 Å². The van der Waals surface area contributed by atoms with E-state index in [9.17, 15) is 0 Å². The van der Waals surface area contributed by atoms with Gasteiger partial charge in [-0.05, 0) is 33.2 Å². The molecule has 3 heteroatoms. The summed E-state index contributed by atoms with van der Waals surface area (Å²) >= 11 is 0. The van der Waals surface area contributed by atoms with Gasteiger partial charge < -0.3 is 10.3 Å². The third kappa shape index (κ3) is 2.06. The van der Waals surface area contributed by atoms with Gasteiger partial charge in [-0.25, -0.2) is 4.98 Å². The first-order chi connectivity index (χ1) is 8.74. The van der Waals surface area contributed by atoms with E-state index in [-0.39, 0.29) is 0 Å². The zero-order valence-corrected chi connectivity index (χ0v) is 11.0. The molecule has 1 aromatic heterocycles. The molecule has 94 valence electrons. The molecule has 1 unspecified atom stereocenters. The second-order valence-corrected chi connectivity index (χ2v) is 5.11. The predicted octanol–water partition coefficient (Wildman–Crippen LogP) is 3.12. The number of nitrogens with zero attached hydrogens (tertiary/aromatic N) is 1. The van der Waals surface area contributed by atoms with Crippen molar-refractivity contribution in [3.8, 4) is 11.3 Å². The lowest BCUT2D eigenvalue weighted by Crippen LogP contribution is -2.14. The van der Waals surface area contributed by atoms with E-state index < -0.39 is 0 Å². The summed E-state index contributed by atoms with van der Waals surface area (Å²) < 4.78 is 0. The van der Waals surface area contributed by atoms with Crippen molar-refractivity contribution < 1.29 is 0 Å². The maximum atomic E-state index is 4.77. The fourth-order valence-corrected chi connectivity index (χ4v) is 2.56. The van der Waals surface area contributed by atoms with Gasteiger partial charge in [-0.2, -0.15) is 0 Å². The molecule has 3 nitrogen and oxygen atoms in total. The fourth-order valence-electron chi connectivity index (χ4n) is 2.56. The Bertz CT molecular complexity index is 533. The van der Waals surface area contributed by atoms with Crippen LogP contribution in [0.4, 0.5) is 0 Å². The standard InChI is InChI=1S/C15H19N3/c1-10-5-7-12(8-6-10)14-11(2)17-15(18-14)13-4-3-9-16-13/h5-8,13,16H,3-4,9H2,1-2H3,(H,17,18). The van der Waals surface area contributed by atoms with Gasteiger partial charge in [-0.15, -0.1) is 0 Å². The van der Waals surface area contributed by atoms with Crippen molar-refractivity contribution in [3.05, 3.63) is 41.3 Å². The minimum absolute atomic E-state index is 0.405. The Kier molecular flexibility index (Phi) is 2.92. The van der Waals surface area contributed by atoms with E-state index in [1.54, 1.807) is 0 Å². The second kappa shape index (κ2) is 4.58. The van der Waals surface area contributed by atoms with Crippen LogP contribution in [0.5, 0.6) is 0 Å². The van der Waals surface area contributed by atoms with Crippen molar-refractivity contribution in [3.63, 3.8) is 0 Å². The lowest BCUT2D eigenvalue weighted by molar-refractivity contribution is 0.612. The number of rotatable bonds is 2. The molecule has 0 radical (unpaired) electrons. The molecule has 0 spiro atoms. The van der Waals surface area contributed by atoms with Crippen LogP contribution >= 0.6 is 0 Å². The van der Waals surface area contributed by atoms with E-state index in [0.29, 0.717) is 6.04 Å². The highest BCUT2D eigenvalue weighted by atomic mass is 15.0. The van der Waals surface area contributed by atoms with Crippen LogP contribution in [0.1, 0.15) is 36.0 Å². The van der Waals surface area contributed by atoms with Gasteiger partial charge in [0.25, 0.3) is 0 Å². The van der Waals surface area contributed by atoms with Gasteiger partial charge in [0.05, 0.1) is 11.7 Å². The van der Waals surface area contributed by atoms with Gasteiger partial charge in [0, 0.05) is 11.3 Å². The number of aryl methyl sites for hydroxylation is 2. The lowest BCUT2D eigenvalue weighted by Gasteiger charge is -2.04. The molecular formula is C15H19N3. The topological polar surface area (TPSA) is 40.7 Å². The van der Waals surface area contributed by atoms with Gasteiger partial charge in [0.15, 0.2) is 0 Å². The molecule has 1 saturated heterocycles. The summed E-state index contributed by atoms with van der Waals surface area (Å²) in [6, 6.07) is 8.96. The molecule has 3 rings (SSSR count). The van der Waals surface area contributed by atoms with E-state index in [4.69, 9.17) is 4.98 Å². The highest BCUT2D eigenvalue weighted by molar-refractivity contribution is 5.62. The Morgan fingerprint density at radius 1 is 1.17 bits per heavy atom. The first kappa shape index (κ1) is 11.5. The van der Waals surface area contributed by atoms with Crippen LogP contribution in [0.3, 0.4) is 0 Å². The highest BCUT2D eigenvalue weighted by Crippen LogP contribution is 2.26. The Balaban J connectivity index is 1.94. The van der Waals surface area contributed by atoms with Crippen molar-refractivity contribution in [2.45, 2.75) is 32.7 Å². The molecule has 2 heterocycles. The Labute approximate surface area is 108 Å². The van der Waals surface area contributed by atoms with Crippen LogP contribution in [0.25, 0.3) is 11.3 Å². The van der Waals surface area contributed by atoms with Crippen molar-refractivity contribution in [2.75, 3.05) is 6.54 Å². The van der Waals surface area contributed by atoms with Gasteiger partial charge in [0.1, 0.15) is 5.82 Å². The maximum Gasteiger partial charge on any atom is 0.124 e. The number of aromatic nitrogens is 2. The van der Waals surface area contributed by atoms with Crippen molar-refractivity contribution in [1.29, 1.82) is 0 Å². The molecule has 1 aliphatic rings. The zero-order valence-electron chi connectivity index (χ0n) is 11.0. The number of H-pyrrole nitrogens is 1. The van der Waals surface area contributed by atoms with Gasteiger partial charge in [-0.1, -0.05) is 29.8 Å². The summed E-state index contributed by atoms with van der Waals surface area (Å²) in [6.45, 7) is 5.31. The average molecular weight is 241 g/mol. The number of aromatic amines is 1. The number of benzene rings is 1. The average Bonchev–Trinajstić information content (AvgIpc) is 2.99. The monoisotopic (exact) mass is 241 g/mol. The van der Waals surface area contributed by atoms with Crippen LogP contribution in [-0.4, -0.2) is 16.5 Å². The Morgan fingerprint density at radius 2 is 1.94 bits per heavy atom. The molecule has 1 fully saturated rings. The first-order valence-electron chi connectivity index (χ1n) is 6.61.